The Morgan fingerprint density at radius 3 is 2.77 bits per heavy atom. The number of benzene rings is 2. The fraction of sp³-hybridized carbons (Fsp3) is 0.188. The van der Waals surface area contributed by atoms with Gasteiger partial charge < -0.3 is 20.1 Å². The van der Waals surface area contributed by atoms with Gasteiger partial charge in [0.25, 0.3) is 0 Å². The minimum atomic E-state index is -0.427. The van der Waals surface area contributed by atoms with Gasteiger partial charge in [0.1, 0.15) is 12.4 Å². The van der Waals surface area contributed by atoms with Crippen LogP contribution in [0.5, 0.6) is 11.5 Å². The zero-order valence-electron chi connectivity index (χ0n) is 12.1. The van der Waals surface area contributed by atoms with Gasteiger partial charge in [-0.3, -0.25) is 0 Å². The van der Waals surface area contributed by atoms with Crippen LogP contribution in [0.3, 0.4) is 0 Å². The van der Waals surface area contributed by atoms with Crippen molar-refractivity contribution in [2.24, 2.45) is 0 Å². The summed E-state index contributed by atoms with van der Waals surface area (Å²) in [5, 5.41) is 5.29. The highest BCUT2D eigenvalue weighted by Crippen LogP contribution is 2.16. The fourth-order valence-corrected chi connectivity index (χ4v) is 1.76. The number of rotatable bonds is 6. The molecule has 6 heteroatoms. The quantitative estimate of drug-likeness (QED) is 0.806. The van der Waals surface area contributed by atoms with Crippen LogP contribution in [0, 0.1) is 5.82 Å². The summed E-state index contributed by atoms with van der Waals surface area (Å²) in [6.45, 7) is 0.427. The van der Waals surface area contributed by atoms with Gasteiger partial charge in [-0.25, -0.2) is 9.18 Å². The average molecular weight is 304 g/mol. The van der Waals surface area contributed by atoms with E-state index in [2.05, 4.69) is 10.6 Å². The van der Waals surface area contributed by atoms with Gasteiger partial charge in [-0.05, 0) is 24.3 Å². The standard InChI is InChI=1S/C16H17FN2O3/c1-21-13-6-4-5-12(11-13)19-16(20)18-9-10-22-15-8-3-2-7-14(15)17/h2-8,11H,9-10H2,1H3,(H2,18,19,20). The molecule has 2 aromatic carbocycles. The molecule has 0 aliphatic carbocycles. The molecule has 2 N–H and O–H groups in total. The van der Waals surface area contributed by atoms with Crippen molar-refractivity contribution in [3.63, 3.8) is 0 Å². The largest absolute Gasteiger partial charge is 0.497 e. The average Bonchev–Trinajstić information content (AvgIpc) is 2.53. The Labute approximate surface area is 128 Å². The normalized spacial score (nSPS) is 9.91. The van der Waals surface area contributed by atoms with Crippen molar-refractivity contribution in [2.75, 3.05) is 25.6 Å². The number of hydrogen-bond acceptors (Lipinski definition) is 3. The first-order valence-corrected chi connectivity index (χ1v) is 6.75. The van der Waals surface area contributed by atoms with Crippen LogP contribution in [-0.2, 0) is 0 Å². The van der Waals surface area contributed by atoms with E-state index in [1.165, 1.54) is 12.1 Å². The highest BCUT2D eigenvalue weighted by molar-refractivity contribution is 5.89. The molecule has 0 fully saturated rings. The van der Waals surface area contributed by atoms with E-state index >= 15 is 0 Å². The maximum Gasteiger partial charge on any atom is 0.319 e. The van der Waals surface area contributed by atoms with E-state index in [0.717, 1.165) is 0 Å². The van der Waals surface area contributed by atoms with E-state index in [0.29, 0.717) is 11.4 Å². The van der Waals surface area contributed by atoms with E-state index in [4.69, 9.17) is 9.47 Å². The third-order valence-corrected chi connectivity index (χ3v) is 2.81. The number of hydrogen-bond donors (Lipinski definition) is 2. The third kappa shape index (κ3) is 4.66. The summed E-state index contributed by atoms with van der Waals surface area (Å²) >= 11 is 0. The van der Waals surface area contributed by atoms with Crippen LogP contribution in [0.4, 0.5) is 14.9 Å². The molecule has 22 heavy (non-hydrogen) atoms. The highest BCUT2D eigenvalue weighted by Gasteiger charge is 2.04. The van der Waals surface area contributed by atoms with Gasteiger partial charge in [-0.1, -0.05) is 18.2 Å². The van der Waals surface area contributed by atoms with Crippen LogP contribution in [0.15, 0.2) is 48.5 Å². The van der Waals surface area contributed by atoms with Crippen molar-refractivity contribution in [1.82, 2.24) is 5.32 Å². The Morgan fingerprint density at radius 1 is 1.18 bits per heavy atom. The van der Waals surface area contributed by atoms with E-state index in [1.54, 1.807) is 43.5 Å². The van der Waals surface area contributed by atoms with Crippen LogP contribution in [0.25, 0.3) is 0 Å². The number of nitrogens with one attached hydrogen (secondary N) is 2. The maximum absolute atomic E-state index is 13.3. The predicted octanol–water partition coefficient (Wildman–Crippen LogP) is 3.03. The number of methoxy groups -OCH3 is 1. The summed E-state index contributed by atoms with van der Waals surface area (Å²) in [5.74, 6) is 0.390. The molecule has 116 valence electrons. The van der Waals surface area contributed by atoms with Crippen LogP contribution in [-0.4, -0.2) is 26.3 Å². The number of ether oxygens (including phenoxy) is 2. The number of urea groups is 1. The van der Waals surface area contributed by atoms with Crippen LogP contribution < -0.4 is 20.1 Å². The zero-order chi connectivity index (χ0) is 15.8. The molecule has 2 amide bonds. The molecular weight excluding hydrogens is 287 g/mol. The van der Waals surface area contributed by atoms with E-state index in [1.807, 2.05) is 0 Å². The molecule has 0 saturated carbocycles. The Kier molecular flexibility index (Phi) is 5.59. The lowest BCUT2D eigenvalue weighted by molar-refractivity contribution is 0.246. The minimum Gasteiger partial charge on any atom is -0.497 e. The Hall–Kier alpha value is -2.76. The second-order valence-corrected chi connectivity index (χ2v) is 4.39. The fourth-order valence-electron chi connectivity index (χ4n) is 1.76. The van der Waals surface area contributed by atoms with Gasteiger partial charge in [-0.2, -0.15) is 0 Å². The van der Waals surface area contributed by atoms with E-state index < -0.39 is 5.82 Å². The smallest absolute Gasteiger partial charge is 0.319 e. The van der Waals surface area contributed by atoms with Crippen molar-refractivity contribution in [1.29, 1.82) is 0 Å². The van der Waals surface area contributed by atoms with Crippen molar-refractivity contribution in [2.45, 2.75) is 0 Å². The van der Waals surface area contributed by atoms with Gasteiger partial charge >= 0.3 is 6.03 Å². The molecule has 0 aliphatic heterocycles. The van der Waals surface area contributed by atoms with Crippen molar-refractivity contribution in [3.8, 4) is 11.5 Å². The highest BCUT2D eigenvalue weighted by atomic mass is 19.1. The van der Waals surface area contributed by atoms with Gasteiger partial charge in [0, 0.05) is 11.8 Å². The summed E-state index contributed by atoms with van der Waals surface area (Å²) in [5.41, 5.74) is 0.617. The molecule has 0 aromatic heterocycles. The van der Waals surface area contributed by atoms with E-state index in [-0.39, 0.29) is 24.9 Å². The first kappa shape index (κ1) is 15.6. The number of carbonyl (C=O) groups excluding carboxylic acids is 1. The Morgan fingerprint density at radius 2 is 2.00 bits per heavy atom. The topological polar surface area (TPSA) is 59.6 Å². The summed E-state index contributed by atoms with van der Waals surface area (Å²) < 4.78 is 23.6. The van der Waals surface area contributed by atoms with Crippen molar-refractivity contribution in [3.05, 3.63) is 54.3 Å². The first-order valence-electron chi connectivity index (χ1n) is 6.75. The molecule has 0 radical (unpaired) electrons. The summed E-state index contributed by atoms with van der Waals surface area (Å²) in [4.78, 5) is 11.7. The second kappa shape index (κ2) is 7.87. The summed E-state index contributed by atoms with van der Waals surface area (Å²) in [6.07, 6.45) is 0. The number of para-hydroxylation sites is 1. The lowest BCUT2D eigenvalue weighted by Gasteiger charge is -2.10. The lowest BCUT2D eigenvalue weighted by atomic mass is 10.3. The third-order valence-electron chi connectivity index (χ3n) is 2.81. The summed E-state index contributed by atoms with van der Waals surface area (Å²) in [7, 11) is 1.55. The van der Waals surface area contributed by atoms with Gasteiger partial charge in [0.05, 0.1) is 13.7 Å². The number of halogens is 1. The molecule has 5 nitrogen and oxygen atoms in total. The molecule has 0 bridgehead atoms. The molecule has 2 rings (SSSR count). The van der Waals surface area contributed by atoms with Crippen molar-refractivity contribution >= 4 is 11.7 Å². The molecule has 0 heterocycles. The molecular formula is C16H17FN2O3. The van der Waals surface area contributed by atoms with E-state index in [9.17, 15) is 9.18 Å². The van der Waals surface area contributed by atoms with Gasteiger partial charge in [0.2, 0.25) is 0 Å². The van der Waals surface area contributed by atoms with Crippen LogP contribution >= 0.6 is 0 Å². The molecule has 0 aliphatic rings. The first-order chi connectivity index (χ1) is 10.7. The molecule has 2 aromatic rings. The Bertz CT molecular complexity index is 634. The SMILES string of the molecule is COc1cccc(NC(=O)NCCOc2ccccc2F)c1. The van der Waals surface area contributed by atoms with Crippen molar-refractivity contribution < 1.29 is 18.7 Å². The van der Waals surface area contributed by atoms with Crippen LogP contribution in [0.2, 0.25) is 0 Å². The number of carbonyl (C=O) groups is 1. The minimum absolute atomic E-state index is 0.164. The molecule has 0 saturated heterocycles. The van der Waals surface area contributed by atoms with Gasteiger partial charge in [-0.15, -0.1) is 0 Å². The monoisotopic (exact) mass is 304 g/mol. The lowest BCUT2D eigenvalue weighted by Crippen LogP contribution is -2.32. The zero-order valence-corrected chi connectivity index (χ0v) is 12.1. The predicted molar refractivity (Wildman–Crippen MR) is 81.9 cm³/mol. The maximum atomic E-state index is 13.3. The molecule has 0 unspecified atom stereocenters. The second-order valence-electron chi connectivity index (χ2n) is 4.39. The number of amides is 2. The molecule has 0 atom stereocenters. The Balaban J connectivity index is 1.73. The number of anilines is 1. The van der Waals surface area contributed by atoms with Crippen LogP contribution in [0.1, 0.15) is 0 Å². The summed E-state index contributed by atoms with van der Waals surface area (Å²) in [6, 6.07) is 12.8. The molecule has 0 spiro atoms. The van der Waals surface area contributed by atoms with Gasteiger partial charge in [0.15, 0.2) is 11.6 Å².